The molecule has 106 valence electrons. The molecule has 0 aromatic heterocycles. The van der Waals surface area contributed by atoms with Gasteiger partial charge in [0.15, 0.2) is 0 Å². The van der Waals surface area contributed by atoms with Crippen LogP contribution in [0.25, 0.3) is 0 Å². The largest absolute Gasteiger partial charge is 0.493 e. The quantitative estimate of drug-likeness (QED) is 0.536. The minimum Gasteiger partial charge on any atom is -0.493 e. The molecular formula is C15H21ClO3. The van der Waals surface area contributed by atoms with Gasteiger partial charge < -0.3 is 9.47 Å². The van der Waals surface area contributed by atoms with E-state index in [0.29, 0.717) is 36.3 Å². The molecule has 0 amide bonds. The molecule has 4 heteroatoms. The third-order valence-corrected chi connectivity index (χ3v) is 3.07. The van der Waals surface area contributed by atoms with E-state index in [1.807, 2.05) is 6.07 Å². The highest BCUT2D eigenvalue weighted by molar-refractivity contribution is 6.17. The van der Waals surface area contributed by atoms with Gasteiger partial charge >= 0.3 is 5.97 Å². The second kappa shape index (κ2) is 8.81. The summed E-state index contributed by atoms with van der Waals surface area (Å²) in [4.78, 5) is 11.7. The maximum atomic E-state index is 11.7. The number of ether oxygens (including phenoxy) is 2. The normalized spacial score (nSPS) is 11.9. The van der Waals surface area contributed by atoms with Crippen molar-refractivity contribution in [1.82, 2.24) is 0 Å². The number of halogens is 1. The zero-order valence-corrected chi connectivity index (χ0v) is 12.3. The van der Waals surface area contributed by atoms with Crippen molar-refractivity contribution in [2.24, 2.45) is 5.92 Å². The molecule has 1 rings (SSSR count). The predicted octanol–water partition coefficient (Wildman–Crippen LogP) is 3.90. The maximum absolute atomic E-state index is 11.7. The molecule has 1 unspecified atom stereocenters. The molecule has 1 atom stereocenters. The first kappa shape index (κ1) is 15.8. The van der Waals surface area contributed by atoms with Crippen molar-refractivity contribution >= 4 is 17.6 Å². The number of esters is 1. The van der Waals surface area contributed by atoms with Gasteiger partial charge in [-0.2, -0.15) is 0 Å². The molecule has 0 aliphatic carbocycles. The summed E-state index contributed by atoms with van der Waals surface area (Å²) in [5.41, 5.74) is 0.481. The van der Waals surface area contributed by atoms with E-state index in [1.54, 1.807) is 25.1 Å². The van der Waals surface area contributed by atoms with Crippen LogP contribution in [-0.4, -0.2) is 25.1 Å². The summed E-state index contributed by atoms with van der Waals surface area (Å²) >= 11 is 5.69. The lowest BCUT2D eigenvalue weighted by atomic mass is 10.1. The molecule has 0 heterocycles. The molecule has 0 radical (unpaired) electrons. The Morgan fingerprint density at radius 1 is 1.32 bits per heavy atom. The van der Waals surface area contributed by atoms with Gasteiger partial charge in [-0.05, 0) is 37.8 Å². The fourth-order valence-corrected chi connectivity index (χ4v) is 2.04. The van der Waals surface area contributed by atoms with Gasteiger partial charge in [0.2, 0.25) is 0 Å². The number of carbonyl (C=O) groups excluding carboxylic acids is 1. The van der Waals surface area contributed by atoms with Crippen molar-refractivity contribution in [3.05, 3.63) is 29.8 Å². The van der Waals surface area contributed by atoms with Gasteiger partial charge in [-0.1, -0.05) is 19.1 Å². The number of hydrogen-bond acceptors (Lipinski definition) is 3. The van der Waals surface area contributed by atoms with E-state index < -0.39 is 0 Å². The highest BCUT2D eigenvalue weighted by Gasteiger charge is 2.13. The van der Waals surface area contributed by atoms with Crippen LogP contribution in [0.1, 0.15) is 37.0 Å². The molecule has 0 bridgehead atoms. The van der Waals surface area contributed by atoms with E-state index in [0.717, 1.165) is 12.8 Å². The molecule has 1 aromatic rings. The van der Waals surface area contributed by atoms with E-state index in [2.05, 4.69) is 6.92 Å². The first-order valence-electron chi connectivity index (χ1n) is 6.64. The lowest BCUT2D eigenvalue weighted by Crippen LogP contribution is -2.10. The Labute approximate surface area is 119 Å². The van der Waals surface area contributed by atoms with Gasteiger partial charge in [-0.15, -0.1) is 11.6 Å². The van der Waals surface area contributed by atoms with Crippen molar-refractivity contribution in [3.63, 3.8) is 0 Å². The highest BCUT2D eigenvalue weighted by Crippen LogP contribution is 2.20. The zero-order valence-electron chi connectivity index (χ0n) is 11.5. The zero-order chi connectivity index (χ0) is 14.1. The number of alkyl halides is 1. The maximum Gasteiger partial charge on any atom is 0.341 e. The average molecular weight is 285 g/mol. The molecule has 1 aromatic carbocycles. The van der Waals surface area contributed by atoms with Gasteiger partial charge in [0, 0.05) is 5.88 Å². The van der Waals surface area contributed by atoms with Crippen LogP contribution in [-0.2, 0) is 4.74 Å². The fourth-order valence-electron chi connectivity index (χ4n) is 1.67. The van der Waals surface area contributed by atoms with Crippen molar-refractivity contribution < 1.29 is 14.3 Å². The Morgan fingerprint density at radius 2 is 2.05 bits per heavy atom. The molecule has 0 fully saturated rings. The molecular weight excluding hydrogens is 264 g/mol. The summed E-state index contributed by atoms with van der Waals surface area (Å²) in [6, 6.07) is 7.16. The lowest BCUT2D eigenvalue weighted by Gasteiger charge is -2.13. The predicted molar refractivity (Wildman–Crippen MR) is 77.0 cm³/mol. The average Bonchev–Trinajstić information content (AvgIpc) is 2.40. The van der Waals surface area contributed by atoms with E-state index in [-0.39, 0.29) is 5.97 Å². The highest BCUT2D eigenvalue weighted by atomic mass is 35.5. The topological polar surface area (TPSA) is 35.5 Å². The minimum absolute atomic E-state index is 0.341. The van der Waals surface area contributed by atoms with Crippen LogP contribution in [0.2, 0.25) is 0 Å². The molecule has 0 saturated heterocycles. The Kier molecular flexibility index (Phi) is 7.34. The van der Waals surface area contributed by atoms with Crippen LogP contribution in [0.3, 0.4) is 0 Å². The van der Waals surface area contributed by atoms with Gasteiger partial charge in [0.1, 0.15) is 11.3 Å². The molecule has 0 spiro atoms. The van der Waals surface area contributed by atoms with Crippen molar-refractivity contribution in [2.45, 2.75) is 26.7 Å². The van der Waals surface area contributed by atoms with E-state index in [1.165, 1.54) is 0 Å². The van der Waals surface area contributed by atoms with E-state index in [4.69, 9.17) is 21.1 Å². The minimum atomic E-state index is -0.341. The Hall–Kier alpha value is -1.22. The van der Waals surface area contributed by atoms with E-state index >= 15 is 0 Å². The molecule has 0 aliphatic rings. The van der Waals surface area contributed by atoms with E-state index in [9.17, 15) is 4.79 Å². The first-order chi connectivity index (χ1) is 9.19. The number of hydrogen-bond donors (Lipinski definition) is 0. The first-order valence-corrected chi connectivity index (χ1v) is 7.17. The Morgan fingerprint density at radius 3 is 2.74 bits per heavy atom. The van der Waals surface area contributed by atoms with Gasteiger partial charge in [0.05, 0.1) is 13.2 Å². The van der Waals surface area contributed by atoms with Crippen LogP contribution in [0, 0.1) is 5.92 Å². The lowest BCUT2D eigenvalue weighted by molar-refractivity contribution is 0.0521. The smallest absolute Gasteiger partial charge is 0.341 e. The Balaban J connectivity index is 2.55. The Bertz CT molecular complexity index is 393. The monoisotopic (exact) mass is 284 g/mol. The van der Waals surface area contributed by atoms with Gasteiger partial charge in [-0.3, -0.25) is 0 Å². The summed E-state index contributed by atoms with van der Waals surface area (Å²) in [5.74, 6) is 1.43. The SMILES string of the molecule is CCOC(=O)c1ccccc1OCCC(C)CCCl. The fraction of sp³-hybridized carbons (Fsp3) is 0.533. The van der Waals surface area contributed by atoms with Crippen LogP contribution in [0.4, 0.5) is 0 Å². The third-order valence-electron chi connectivity index (χ3n) is 2.85. The van der Waals surface area contributed by atoms with Crippen LogP contribution < -0.4 is 4.74 Å². The van der Waals surface area contributed by atoms with Crippen LogP contribution in [0.15, 0.2) is 24.3 Å². The van der Waals surface area contributed by atoms with Crippen molar-refractivity contribution in [2.75, 3.05) is 19.1 Å². The van der Waals surface area contributed by atoms with Gasteiger partial charge in [0.25, 0.3) is 0 Å². The number of rotatable bonds is 8. The summed E-state index contributed by atoms with van der Waals surface area (Å²) in [6.07, 6.45) is 1.90. The molecule has 3 nitrogen and oxygen atoms in total. The summed E-state index contributed by atoms with van der Waals surface area (Å²) in [6.45, 7) is 4.87. The second-order valence-electron chi connectivity index (χ2n) is 4.44. The number of benzene rings is 1. The molecule has 19 heavy (non-hydrogen) atoms. The summed E-state index contributed by atoms with van der Waals surface area (Å²) in [7, 11) is 0. The van der Waals surface area contributed by atoms with Gasteiger partial charge in [-0.25, -0.2) is 4.79 Å². The summed E-state index contributed by atoms with van der Waals surface area (Å²) < 4.78 is 10.7. The third kappa shape index (κ3) is 5.52. The molecule has 0 aliphatic heterocycles. The van der Waals surface area contributed by atoms with Crippen LogP contribution >= 0.6 is 11.6 Å². The number of carbonyl (C=O) groups is 1. The summed E-state index contributed by atoms with van der Waals surface area (Å²) in [5, 5.41) is 0. The van der Waals surface area contributed by atoms with Crippen molar-refractivity contribution in [1.29, 1.82) is 0 Å². The second-order valence-corrected chi connectivity index (χ2v) is 4.81. The molecule has 0 saturated carbocycles. The van der Waals surface area contributed by atoms with Crippen LogP contribution in [0.5, 0.6) is 5.75 Å². The number of para-hydroxylation sites is 1. The standard InChI is InChI=1S/C15H21ClO3/c1-3-18-15(17)13-6-4-5-7-14(13)19-11-9-12(2)8-10-16/h4-7,12H,3,8-11H2,1-2H3. The molecule has 0 N–H and O–H groups in total. The van der Waals surface area contributed by atoms with Crippen molar-refractivity contribution in [3.8, 4) is 5.75 Å².